The summed E-state index contributed by atoms with van der Waals surface area (Å²) in [6.45, 7) is 8.11. The van der Waals surface area contributed by atoms with Gasteiger partial charge in [-0.15, -0.1) is 0 Å². The Morgan fingerprint density at radius 1 is 1.40 bits per heavy atom. The molecule has 0 aliphatic heterocycles. The van der Waals surface area contributed by atoms with E-state index < -0.39 is 0 Å². The molecule has 1 aromatic carbocycles. The van der Waals surface area contributed by atoms with E-state index in [9.17, 15) is 4.79 Å². The van der Waals surface area contributed by atoms with Crippen LogP contribution in [0, 0.1) is 5.92 Å². The number of benzene rings is 1. The van der Waals surface area contributed by atoms with E-state index >= 15 is 0 Å². The third kappa shape index (κ3) is 6.60. The molecule has 0 bridgehead atoms. The van der Waals surface area contributed by atoms with E-state index in [1.54, 1.807) is 0 Å². The van der Waals surface area contributed by atoms with Crippen molar-refractivity contribution in [2.24, 2.45) is 5.92 Å². The van der Waals surface area contributed by atoms with Gasteiger partial charge in [0, 0.05) is 0 Å². The molecule has 0 aliphatic carbocycles. The van der Waals surface area contributed by atoms with Gasteiger partial charge in [-0.1, -0.05) is 0 Å². The monoisotopic (exact) mass is 354 g/mol. The Morgan fingerprint density at radius 2 is 2.10 bits per heavy atom. The molecule has 1 rings (SSSR count). The fraction of sp³-hybridized carbons (Fsp3) is 0.353. The molecule has 0 saturated carbocycles. The van der Waals surface area contributed by atoms with Crippen molar-refractivity contribution in [2.45, 2.75) is 26.7 Å². The van der Waals surface area contributed by atoms with Crippen LogP contribution >= 0.6 is 11.8 Å². The zero-order valence-corrected chi connectivity index (χ0v) is 14.7. The fourth-order valence-electron chi connectivity index (χ4n) is 1.44. The zero-order chi connectivity index (χ0) is 14.8. The first-order valence-corrected chi connectivity index (χ1v) is 9.61. The molecule has 0 N–H and O–H groups in total. The number of carbonyl (C=O) groups excluding carboxylic acids is 1. The normalized spacial score (nSPS) is 13.0. The van der Waals surface area contributed by atoms with Gasteiger partial charge in [0.1, 0.15) is 0 Å². The topological polar surface area (TPSA) is 17.1 Å². The molecule has 3 heteroatoms. The summed E-state index contributed by atoms with van der Waals surface area (Å²) in [4.78, 5) is 12.3. The third-order valence-electron chi connectivity index (χ3n) is 2.72. The molecule has 0 aliphatic rings. The van der Waals surface area contributed by atoms with E-state index in [0.29, 0.717) is 5.92 Å². The van der Waals surface area contributed by atoms with Crippen LogP contribution in [0.15, 0.2) is 52.9 Å². The predicted molar refractivity (Wildman–Crippen MR) is 91.3 cm³/mol. The Hall–Kier alpha value is -0.761. The minimum absolute atomic E-state index is 0.128. The van der Waals surface area contributed by atoms with Gasteiger partial charge in [-0.2, -0.15) is 0 Å². The SMILES string of the molecule is C=CC(C)/C=C(\SCCCC)[Se]C(=O)c1ccccc1. The maximum absolute atomic E-state index is 12.3. The molecular weight excluding hydrogens is 331 g/mol. The Bertz CT molecular complexity index is 453. The molecule has 108 valence electrons. The van der Waals surface area contributed by atoms with Gasteiger partial charge in [0.05, 0.1) is 0 Å². The molecule has 0 radical (unpaired) electrons. The molecule has 1 atom stereocenters. The average Bonchev–Trinajstić information content (AvgIpc) is 2.48. The van der Waals surface area contributed by atoms with E-state index in [1.807, 2.05) is 48.2 Å². The Balaban J connectivity index is 2.70. The van der Waals surface area contributed by atoms with Crippen LogP contribution in [0.4, 0.5) is 0 Å². The van der Waals surface area contributed by atoms with Gasteiger partial charge in [-0.05, 0) is 0 Å². The van der Waals surface area contributed by atoms with Crippen molar-refractivity contribution in [3.05, 3.63) is 58.4 Å². The second-order valence-electron chi connectivity index (χ2n) is 4.54. The van der Waals surface area contributed by atoms with Crippen molar-refractivity contribution in [1.82, 2.24) is 0 Å². The fourth-order valence-corrected chi connectivity index (χ4v) is 5.24. The minimum atomic E-state index is -0.128. The first kappa shape index (κ1) is 17.3. The Kier molecular flexibility index (Phi) is 8.68. The van der Waals surface area contributed by atoms with Gasteiger partial charge in [-0.25, -0.2) is 0 Å². The third-order valence-corrected chi connectivity index (χ3v) is 6.40. The quantitative estimate of drug-likeness (QED) is 0.363. The van der Waals surface area contributed by atoms with Crippen LogP contribution in [0.25, 0.3) is 0 Å². The maximum atomic E-state index is 12.3. The van der Waals surface area contributed by atoms with Crippen LogP contribution < -0.4 is 0 Å². The van der Waals surface area contributed by atoms with Gasteiger partial charge in [0.25, 0.3) is 0 Å². The Morgan fingerprint density at radius 3 is 2.70 bits per heavy atom. The molecule has 0 heterocycles. The summed E-state index contributed by atoms with van der Waals surface area (Å²) in [5, 5.41) is 0. The van der Waals surface area contributed by atoms with Gasteiger partial charge in [0.15, 0.2) is 0 Å². The first-order valence-electron chi connectivity index (χ1n) is 6.91. The summed E-state index contributed by atoms with van der Waals surface area (Å²) in [6.07, 6.45) is 6.49. The van der Waals surface area contributed by atoms with E-state index in [-0.39, 0.29) is 19.6 Å². The average molecular weight is 353 g/mol. The van der Waals surface area contributed by atoms with Crippen LogP contribution in [-0.2, 0) is 0 Å². The predicted octanol–water partition coefficient (Wildman–Crippen LogP) is 4.73. The van der Waals surface area contributed by atoms with Crippen molar-refractivity contribution in [1.29, 1.82) is 0 Å². The Labute approximate surface area is 133 Å². The van der Waals surface area contributed by atoms with Gasteiger partial charge >= 0.3 is 133 Å². The van der Waals surface area contributed by atoms with E-state index in [4.69, 9.17) is 0 Å². The molecule has 0 aromatic heterocycles. The number of unbranched alkanes of at least 4 members (excludes halogenated alkanes) is 1. The second-order valence-corrected chi connectivity index (χ2v) is 8.39. The number of rotatable bonds is 9. The summed E-state index contributed by atoms with van der Waals surface area (Å²) in [5.74, 6) is 1.42. The van der Waals surface area contributed by atoms with Crippen molar-refractivity contribution >= 4 is 31.4 Å². The van der Waals surface area contributed by atoms with Gasteiger partial charge in [0.2, 0.25) is 0 Å². The number of hydrogen-bond donors (Lipinski definition) is 0. The summed E-state index contributed by atoms with van der Waals surface area (Å²) < 4.78 is 1.48. The summed E-state index contributed by atoms with van der Waals surface area (Å²) in [7, 11) is 0. The summed E-state index contributed by atoms with van der Waals surface area (Å²) >= 11 is 1.71. The molecule has 0 spiro atoms. The van der Waals surface area contributed by atoms with Crippen LogP contribution in [0.2, 0.25) is 0 Å². The van der Waals surface area contributed by atoms with Crippen LogP contribution in [0.5, 0.6) is 0 Å². The molecule has 0 amide bonds. The molecule has 1 nitrogen and oxygen atoms in total. The molecule has 0 fully saturated rings. The first-order chi connectivity index (χ1) is 9.67. The molecule has 1 unspecified atom stereocenters. The summed E-state index contributed by atoms with van der Waals surface area (Å²) in [6, 6.07) is 9.58. The standard InChI is InChI=1S/C17H22OSSe/c1-4-6-12-19-16(13-14(3)5-2)20-17(18)15-10-8-7-9-11-15/h5,7-11,13-14H,2,4,6,12H2,1,3H3/b16-13+. The van der Waals surface area contributed by atoms with Gasteiger partial charge in [-0.3, -0.25) is 0 Å². The second kappa shape index (κ2) is 10.0. The van der Waals surface area contributed by atoms with Gasteiger partial charge < -0.3 is 0 Å². The zero-order valence-electron chi connectivity index (χ0n) is 12.2. The number of hydrogen-bond acceptors (Lipinski definition) is 2. The van der Waals surface area contributed by atoms with Crippen LogP contribution in [-0.4, -0.2) is 25.4 Å². The number of carbonyl (C=O) groups is 1. The van der Waals surface area contributed by atoms with Crippen molar-refractivity contribution in [2.75, 3.05) is 5.75 Å². The molecular formula is C17H22OSSe. The van der Waals surface area contributed by atoms with E-state index in [0.717, 1.165) is 11.3 Å². The number of allylic oxidation sites excluding steroid dienone is 2. The van der Waals surface area contributed by atoms with E-state index in [2.05, 4.69) is 26.5 Å². The van der Waals surface area contributed by atoms with Crippen molar-refractivity contribution < 1.29 is 4.79 Å². The van der Waals surface area contributed by atoms with Crippen molar-refractivity contribution in [3.63, 3.8) is 0 Å². The molecule has 20 heavy (non-hydrogen) atoms. The van der Waals surface area contributed by atoms with Crippen LogP contribution in [0.3, 0.4) is 0 Å². The van der Waals surface area contributed by atoms with E-state index in [1.165, 1.54) is 16.6 Å². The molecule has 0 saturated heterocycles. The number of thioether (sulfide) groups is 1. The van der Waals surface area contributed by atoms with Crippen LogP contribution in [0.1, 0.15) is 37.0 Å². The summed E-state index contributed by atoms with van der Waals surface area (Å²) in [5.41, 5.74) is 0.820. The molecule has 1 aromatic rings. The van der Waals surface area contributed by atoms with Crippen molar-refractivity contribution in [3.8, 4) is 0 Å².